The summed E-state index contributed by atoms with van der Waals surface area (Å²) >= 11 is 3.56. The van der Waals surface area contributed by atoms with Crippen LogP contribution < -0.4 is 15.4 Å². The number of halogens is 3. The van der Waals surface area contributed by atoms with Crippen LogP contribution in [-0.4, -0.2) is 25.3 Å². The summed E-state index contributed by atoms with van der Waals surface area (Å²) in [5.74, 6) is -0.738. The van der Waals surface area contributed by atoms with Crippen LogP contribution in [0.2, 0.25) is 4.34 Å². The summed E-state index contributed by atoms with van der Waals surface area (Å²) in [6.45, 7) is 0. The maximum atomic E-state index is 15.1. The van der Waals surface area contributed by atoms with Gasteiger partial charge in [-0.15, -0.1) is 0 Å². The van der Waals surface area contributed by atoms with E-state index in [0.29, 0.717) is 16.7 Å². The zero-order valence-corrected chi connectivity index (χ0v) is 22.3. The van der Waals surface area contributed by atoms with E-state index in [2.05, 4.69) is 16.7 Å². The number of benzene rings is 2. The van der Waals surface area contributed by atoms with E-state index >= 15 is 4.39 Å². The van der Waals surface area contributed by atoms with Crippen molar-refractivity contribution in [3.05, 3.63) is 77.5 Å². The van der Waals surface area contributed by atoms with E-state index in [1.807, 2.05) is 4.72 Å². The van der Waals surface area contributed by atoms with E-state index in [1.54, 1.807) is 29.3 Å². The molecule has 3 aromatic rings. The van der Waals surface area contributed by atoms with Gasteiger partial charge in [0.15, 0.2) is 0 Å². The predicted molar refractivity (Wildman–Crippen MR) is 142 cm³/mol. The van der Waals surface area contributed by atoms with Crippen LogP contribution in [0.15, 0.2) is 56.8 Å². The number of fused-ring (bicyclic) bond motifs is 1. The Morgan fingerprint density at radius 2 is 1.86 bits per heavy atom. The Balaban J connectivity index is 1.56. The molecule has 180 valence electrons. The molecule has 35 heavy (non-hydrogen) atoms. The van der Waals surface area contributed by atoms with E-state index in [9.17, 15) is 23.3 Å². The molecule has 0 atom stereocenters. The standard InChI is InChI=1S/C22H15ClFIN4O4S2/c1-27-13-2-4-15-16(8-13)12(11-26)10-25(21(15)30)18-5-3-14(9-17(18)24)28-22(31)29-35(32,33)20-7-6-19(23)34-20/h2-10,27H,1H3,(H2,28,29,31). The topological polar surface area (TPSA) is 128 Å². The number of allylic oxidation sites excluding steroid dienone is 1. The summed E-state index contributed by atoms with van der Waals surface area (Å²) in [4.78, 5) is 25.3. The second-order valence-electron chi connectivity index (χ2n) is 6.98. The van der Waals surface area contributed by atoms with E-state index < -0.39 is 41.7 Å². The van der Waals surface area contributed by atoms with Crippen LogP contribution in [0.3, 0.4) is 0 Å². The maximum absolute atomic E-state index is 15.1. The zero-order valence-electron chi connectivity index (χ0n) is 17.7. The Labute approximate surface area is 216 Å². The summed E-state index contributed by atoms with van der Waals surface area (Å²) in [7, 11) is -2.42. The summed E-state index contributed by atoms with van der Waals surface area (Å²) in [5, 5.41) is 14.8. The third kappa shape index (κ3) is 5.18. The number of nitrogens with one attached hydrogen (secondary N) is 3. The minimum absolute atomic E-state index is 0.00737. The fraction of sp³-hybridized carbons (Fsp3) is 0.0455. The molecule has 0 fully saturated rings. The molecular formula is C22H15ClFIN4O4S2. The Hall–Kier alpha value is -2.99. The van der Waals surface area contributed by atoms with Gasteiger partial charge < -0.3 is 0 Å². The molecule has 0 aliphatic carbocycles. The van der Waals surface area contributed by atoms with E-state index in [0.717, 1.165) is 23.1 Å². The number of nitrogens with zero attached hydrogens (tertiary/aromatic N) is 1. The fourth-order valence-corrected chi connectivity index (χ4v) is 10.2. The molecule has 0 unspecified atom stereocenters. The Morgan fingerprint density at radius 3 is 2.49 bits per heavy atom. The normalized spacial score (nSPS) is 13.9. The van der Waals surface area contributed by atoms with Crippen molar-refractivity contribution in [2.24, 2.45) is 0 Å². The average Bonchev–Trinajstić information content (AvgIpc) is 3.26. The summed E-state index contributed by atoms with van der Waals surface area (Å²) in [6, 6.07) is 12.4. The van der Waals surface area contributed by atoms with Crippen LogP contribution in [0.25, 0.3) is 5.57 Å². The van der Waals surface area contributed by atoms with Crippen molar-refractivity contribution in [3.8, 4) is 6.07 Å². The minimum atomic E-state index is -4.15. The van der Waals surface area contributed by atoms with Gasteiger partial charge >= 0.3 is 217 Å². The average molecular weight is 645 g/mol. The van der Waals surface area contributed by atoms with Crippen molar-refractivity contribution in [1.82, 2.24) is 4.72 Å². The van der Waals surface area contributed by atoms with E-state index in [-0.39, 0.29) is 21.6 Å². The summed E-state index contributed by atoms with van der Waals surface area (Å²) < 4.78 is 43.0. The molecule has 0 spiro atoms. The summed E-state index contributed by atoms with van der Waals surface area (Å²) in [5.41, 5.74) is 1.91. The second kappa shape index (κ2) is 9.94. The van der Waals surface area contributed by atoms with Gasteiger partial charge in [-0.05, 0) is 0 Å². The molecule has 0 saturated carbocycles. The molecule has 1 aliphatic heterocycles. The number of carbonyl (C=O) groups is 2. The first-order chi connectivity index (χ1) is 16.6. The van der Waals surface area contributed by atoms with E-state index in [1.165, 1.54) is 24.3 Å². The molecule has 3 N–H and O–H groups in total. The predicted octanol–water partition coefficient (Wildman–Crippen LogP) is 5.49. The first kappa shape index (κ1) is 25.1. The van der Waals surface area contributed by atoms with Gasteiger partial charge in [-0.1, -0.05) is 0 Å². The number of thiophene rings is 1. The number of hydrogen-bond donors (Lipinski definition) is 3. The van der Waals surface area contributed by atoms with Crippen molar-refractivity contribution < 1.29 is 22.4 Å². The van der Waals surface area contributed by atoms with Crippen molar-refractivity contribution in [2.75, 3.05) is 17.7 Å². The Kier molecular flexibility index (Phi) is 7.13. The molecule has 13 heteroatoms. The Bertz CT molecular complexity index is 1550. The molecule has 0 radical (unpaired) electrons. The van der Waals surface area contributed by atoms with Crippen molar-refractivity contribution in [2.45, 2.75) is 4.21 Å². The van der Waals surface area contributed by atoms with Crippen LogP contribution in [0.4, 0.5) is 20.6 Å². The SMILES string of the molecule is CNc1ccc2c(c1)C(C#N)=CI(c1ccc(NC(=O)NS(=O)(=O)c3ccc(Cl)s3)cc1F)C2=O. The Morgan fingerprint density at radius 1 is 1.11 bits per heavy atom. The summed E-state index contributed by atoms with van der Waals surface area (Å²) in [6.07, 6.45) is 0. The van der Waals surface area contributed by atoms with Gasteiger partial charge in [0.05, 0.1) is 0 Å². The van der Waals surface area contributed by atoms with Gasteiger partial charge in [0.25, 0.3) is 0 Å². The third-order valence-corrected chi connectivity index (χ3v) is 12.8. The number of hydrogen-bond acceptors (Lipinski definition) is 7. The number of urea groups is 1. The number of nitriles is 1. The molecule has 0 saturated heterocycles. The molecule has 1 aliphatic rings. The zero-order chi connectivity index (χ0) is 25.3. The van der Waals surface area contributed by atoms with Gasteiger partial charge in [0.2, 0.25) is 0 Å². The van der Waals surface area contributed by atoms with E-state index in [4.69, 9.17) is 11.6 Å². The van der Waals surface area contributed by atoms with Gasteiger partial charge in [-0.3, -0.25) is 0 Å². The van der Waals surface area contributed by atoms with Gasteiger partial charge in [-0.2, -0.15) is 0 Å². The van der Waals surface area contributed by atoms with Crippen molar-refractivity contribution in [1.29, 1.82) is 5.26 Å². The molecule has 2 aromatic carbocycles. The number of sulfonamides is 1. The van der Waals surface area contributed by atoms with Gasteiger partial charge in [0, 0.05) is 0 Å². The quantitative estimate of drug-likeness (QED) is 0.249. The first-order valence-corrected chi connectivity index (χ1v) is 15.8. The third-order valence-electron chi connectivity index (χ3n) is 4.77. The molecule has 4 rings (SSSR count). The monoisotopic (exact) mass is 644 g/mol. The van der Waals surface area contributed by atoms with Crippen molar-refractivity contribution in [3.63, 3.8) is 0 Å². The molecular weight excluding hydrogens is 630 g/mol. The van der Waals surface area contributed by atoms with Crippen LogP contribution in [0.1, 0.15) is 15.9 Å². The molecule has 2 amide bonds. The number of amides is 2. The molecule has 0 bridgehead atoms. The molecule has 8 nitrogen and oxygen atoms in total. The molecule has 1 aromatic heterocycles. The number of anilines is 2. The van der Waals surface area contributed by atoms with Crippen LogP contribution in [0, 0.1) is 20.7 Å². The fourth-order valence-electron chi connectivity index (χ4n) is 3.17. The van der Waals surface area contributed by atoms with Crippen LogP contribution in [0.5, 0.6) is 0 Å². The van der Waals surface area contributed by atoms with Gasteiger partial charge in [0.1, 0.15) is 0 Å². The van der Waals surface area contributed by atoms with Crippen molar-refractivity contribution >= 4 is 79.5 Å². The van der Waals surface area contributed by atoms with Crippen LogP contribution in [-0.2, 0) is 10.0 Å². The van der Waals surface area contributed by atoms with Crippen LogP contribution >= 0.6 is 42.8 Å². The van der Waals surface area contributed by atoms with Gasteiger partial charge in [-0.25, -0.2) is 0 Å². The number of carbonyl (C=O) groups excluding carboxylic acids is 2. The first-order valence-electron chi connectivity index (χ1n) is 9.68. The molecule has 2 heterocycles. The second-order valence-corrected chi connectivity index (χ2v) is 15.2. The number of rotatable bonds is 5.